The van der Waals surface area contributed by atoms with Crippen LogP contribution in [-0.2, 0) is 11.8 Å². The minimum absolute atomic E-state index is 0.149. The second-order valence-electron chi connectivity index (χ2n) is 6.77. The van der Waals surface area contributed by atoms with Gasteiger partial charge in [-0.15, -0.1) is 0 Å². The van der Waals surface area contributed by atoms with Gasteiger partial charge in [0.05, 0.1) is 26.0 Å². The van der Waals surface area contributed by atoms with Crippen molar-refractivity contribution in [3.63, 3.8) is 0 Å². The van der Waals surface area contributed by atoms with Gasteiger partial charge in [0, 0.05) is 49.2 Å². The van der Waals surface area contributed by atoms with E-state index in [0.29, 0.717) is 37.1 Å². The number of rotatable bonds is 4. The Hall–Kier alpha value is -3.26. The Morgan fingerprint density at radius 2 is 2.00 bits per heavy atom. The van der Waals surface area contributed by atoms with Gasteiger partial charge in [-0.2, -0.15) is 0 Å². The molecule has 1 aliphatic heterocycles. The Bertz CT molecular complexity index is 1070. The molecule has 3 aromatic rings. The molecule has 0 aliphatic carbocycles. The summed E-state index contributed by atoms with van der Waals surface area (Å²) in [5.41, 5.74) is 2.02. The molecule has 1 aliphatic rings. The molecule has 0 N–H and O–H groups in total. The molecule has 8 heteroatoms. The van der Waals surface area contributed by atoms with Crippen molar-refractivity contribution >= 4 is 5.95 Å². The maximum Gasteiger partial charge on any atom is 0.255 e. The van der Waals surface area contributed by atoms with E-state index in [0.717, 1.165) is 11.1 Å². The first kappa shape index (κ1) is 19.1. The van der Waals surface area contributed by atoms with Crippen molar-refractivity contribution in [3.05, 3.63) is 70.5 Å². The lowest BCUT2D eigenvalue weighted by Gasteiger charge is -2.35. The average molecular weight is 396 g/mol. The zero-order valence-electron chi connectivity index (χ0n) is 16.2. The van der Waals surface area contributed by atoms with E-state index in [1.54, 1.807) is 25.5 Å². The highest BCUT2D eigenvalue weighted by atomic mass is 19.1. The van der Waals surface area contributed by atoms with Gasteiger partial charge in [0.25, 0.3) is 5.56 Å². The highest BCUT2D eigenvalue weighted by Crippen LogP contribution is 2.32. The monoisotopic (exact) mass is 396 g/mol. The van der Waals surface area contributed by atoms with Gasteiger partial charge in [-0.1, -0.05) is 0 Å². The van der Waals surface area contributed by atoms with E-state index in [1.807, 2.05) is 17.0 Å². The number of ether oxygens (including phenoxy) is 2. The van der Waals surface area contributed by atoms with Crippen molar-refractivity contribution in [1.29, 1.82) is 0 Å². The summed E-state index contributed by atoms with van der Waals surface area (Å²) in [6, 6.07) is 9.55. The first-order chi connectivity index (χ1) is 14.1. The summed E-state index contributed by atoms with van der Waals surface area (Å²) in [5.74, 6) is 0.621. The van der Waals surface area contributed by atoms with Crippen molar-refractivity contribution in [2.45, 2.75) is 6.10 Å². The molecule has 0 bridgehead atoms. The Morgan fingerprint density at radius 1 is 1.21 bits per heavy atom. The van der Waals surface area contributed by atoms with Crippen LogP contribution >= 0.6 is 0 Å². The van der Waals surface area contributed by atoms with Crippen LogP contribution in [0.15, 0.2) is 53.6 Å². The lowest BCUT2D eigenvalue weighted by atomic mass is 10.1. The summed E-state index contributed by atoms with van der Waals surface area (Å²) in [6.45, 7) is 1.49. The van der Waals surface area contributed by atoms with Gasteiger partial charge < -0.3 is 14.4 Å². The van der Waals surface area contributed by atoms with Crippen molar-refractivity contribution in [1.82, 2.24) is 14.5 Å². The third-order valence-electron chi connectivity index (χ3n) is 4.98. The highest BCUT2D eigenvalue weighted by molar-refractivity contribution is 5.59. The van der Waals surface area contributed by atoms with Gasteiger partial charge >= 0.3 is 0 Å². The van der Waals surface area contributed by atoms with Gasteiger partial charge in [0.2, 0.25) is 5.95 Å². The van der Waals surface area contributed by atoms with E-state index in [4.69, 9.17) is 14.5 Å². The summed E-state index contributed by atoms with van der Waals surface area (Å²) in [5, 5.41) is 0. The quantitative estimate of drug-likeness (QED) is 0.675. The lowest BCUT2D eigenvalue weighted by Crippen LogP contribution is -2.41. The zero-order valence-corrected chi connectivity index (χ0v) is 16.2. The minimum Gasteiger partial charge on any atom is -0.496 e. The Balaban J connectivity index is 1.68. The van der Waals surface area contributed by atoms with Crippen LogP contribution in [0.3, 0.4) is 0 Å². The van der Waals surface area contributed by atoms with E-state index >= 15 is 0 Å². The van der Waals surface area contributed by atoms with E-state index in [9.17, 15) is 9.18 Å². The third-order valence-corrected chi connectivity index (χ3v) is 4.98. The molecule has 150 valence electrons. The fourth-order valence-electron chi connectivity index (χ4n) is 3.45. The molecule has 0 amide bonds. The van der Waals surface area contributed by atoms with Crippen LogP contribution in [0.2, 0.25) is 0 Å². The number of halogens is 1. The molecule has 7 nitrogen and oxygen atoms in total. The average Bonchev–Trinajstić information content (AvgIpc) is 2.76. The van der Waals surface area contributed by atoms with Crippen LogP contribution in [0.4, 0.5) is 10.3 Å². The zero-order chi connectivity index (χ0) is 20.4. The molecule has 0 unspecified atom stereocenters. The molecule has 0 radical (unpaired) electrons. The fraction of sp³-hybridized carbons (Fsp3) is 0.286. The lowest BCUT2D eigenvalue weighted by molar-refractivity contribution is 0.0374. The van der Waals surface area contributed by atoms with Crippen LogP contribution in [-0.4, -0.2) is 41.3 Å². The summed E-state index contributed by atoms with van der Waals surface area (Å²) in [7, 11) is 3.20. The topological polar surface area (TPSA) is 69.5 Å². The standard InChI is InChI=1S/C21H21FN4O3/c1-25-20(27)12-17(14-5-7-23-8-6-14)24-21(25)26-9-10-29-19(13-26)16-4-3-15(22)11-18(16)28-2/h3-8,11-12,19H,9-10,13H2,1-2H3/t19-/m0/s1. The van der Waals surface area contributed by atoms with Gasteiger partial charge in [-0.3, -0.25) is 14.3 Å². The molecule has 0 spiro atoms. The summed E-state index contributed by atoms with van der Waals surface area (Å²) < 4.78 is 26.3. The number of hydrogen-bond donors (Lipinski definition) is 0. The molecule has 1 atom stereocenters. The van der Waals surface area contributed by atoms with Gasteiger partial charge in [-0.05, 0) is 24.3 Å². The summed E-state index contributed by atoms with van der Waals surface area (Å²) in [6.07, 6.45) is 3.00. The van der Waals surface area contributed by atoms with E-state index in [2.05, 4.69) is 4.98 Å². The van der Waals surface area contributed by atoms with Crippen LogP contribution in [0, 0.1) is 5.82 Å². The molecule has 0 saturated carbocycles. The number of anilines is 1. The number of morpholine rings is 1. The predicted molar refractivity (Wildman–Crippen MR) is 107 cm³/mol. The summed E-state index contributed by atoms with van der Waals surface area (Å²) >= 11 is 0. The fourth-order valence-corrected chi connectivity index (χ4v) is 3.45. The SMILES string of the molecule is COc1cc(F)ccc1[C@@H]1CN(c2nc(-c3ccncc3)cc(=O)n2C)CCO1. The number of hydrogen-bond acceptors (Lipinski definition) is 6. The number of benzene rings is 1. The van der Waals surface area contributed by atoms with Crippen LogP contribution in [0.5, 0.6) is 5.75 Å². The highest BCUT2D eigenvalue weighted by Gasteiger charge is 2.27. The predicted octanol–water partition coefficient (Wildman–Crippen LogP) is 2.57. The summed E-state index contributed by atoms with van der Waals surface area (Å²) in [4.78, 5) is 23.3. The first-order valence-electron chi connectivity index (χ1n) is 9.25. The van der Waals surface area contributed by atoms with E-state index in [-0.39, 0.29) is 17.5 Å². The minimum atomic E-state index is -0.368. The van der Waals surface area contributed by atoms with Gasteiger partial charge in [-0.25, -0.2) is 9.37 Å². The van der Waals surface area contributed by atoms with E-state index < -0.39 is 0 Å². The molecule has 2 aromatic heterocycles. The normalized spacial score (nSPS) is 16.7. The molecule has 29 heavy (non-hydrogen) atoms. The molecule has 1 saturated heterocycles. The van der Waals surface area contributed by atoms with E-state index in [1.165, 1.54) is 29.9 Å². The van der Waals surface area contributed by atoms with Crippen molar-refractivity contribution < 1.29 is 13.9 Å². The number of aromatic nitrogens is 3. The molecular formula is C21H21FN4O3. The third kappa shape index (κ3) is 3.84. The molecular weight excluding hydrogens is 375 g/mol. The number of methoxy groups -OCH3 is 1. The Labute approximate surface area is 167 Å². The smallest absolute Gasteiger partial charge is 0.255 e. The first-order valence-corrected chi connectivity index (χ1v) is 9.25. The second kappa shape index (κ2) is 8.00. The van der Waals surface area contributed by atoms with Crippen molar-refractivity contribution in [3.8, 4) is 17.0 Å². The van der Waals surface area contributed by atoms with Crippen LogP contribution in [0.1, 0.15) is 11.7 Å². The molecule has 3 heterocycles. The Morgan fingerprint density at radius 3 is 2.76 bits per heavy atom. The number of nitrogens with zero attached hydrogens (tertiary/aromatic N) is 4. The number of pyridine rings is 1. The molecule has 4 rings (SSSR count). The largest absolute Gasteiger partial charge is 0.496 e. The van der Waals surface area contributed by atoms with Gasteiger partial charge in [0.1, 0.15) is 17.7 Å². The second-order valence-corrected chi connectivity index (χ2v) is 6.77. The van der Waals surface area contributed by atoms with Crippen LogP contribution < -0.4 is 15.2 Å². The van der Waals surface area contributed by atoms with Crippen molar-refractivity contribution in [2.75, 3.05) is 31.7 Å². The maximum atomic E-state index is 13.6. The Kier molecular flexibility index (Phi) is 5.26. The molecule has 1 aromatic carbocycles. The molecule has 1 fully saturated rings. The van der Waals surface area contributed by atoms with Gasteiger partial charge in [0.15, 0.2) is 0 Å². The maximum absolute atomic E-state index is 13.6. The van der Waals surface area contributed by atoms with Crippen LogP contribution in [0.25, 0.3) is 11.3 Å². The van der Waals surface area contributed by atoms with Crippen molar-refractivity contribution in [2.24, 2.45) is 7.05 Å².